The van der Waals surface area contributed by atoms with Gasteiger partial charge in [0.25, 0.3) is 0 Å². The maximum Gasteiger partial charge on any atom is 0.339 e. The lowest BCUT2D eigenvalue weighted by atomic mass is 10.2. The standard InChI is InChI=1S/C12H12BrN3O4S2/c1-14-22(19,20)8-4-9(12(17)18)11(16-6-8)15-5-7-2-3-10(13)21-7/h2-4,6,14H,5H2,1H3,(H,15,16)(H,17,18). The van der Waals surface area contributed by atoms with Crippen LogP contribution in [0, 0.1) is 0 Å². The van der Waals surface area contributed by atoms with Gasteiger partial charge in [0.2, 0.25) is 10.0 Å². The number of halogens is 1. The van der Waals surface area contributed by atoms with Crippen LogP contribution in [0.3, 0.4) is 0 Å². The molecular weight excluding hydrogens is 394 g/mol. The molecule has 10 heteroatoms. The fourth-order valence-corrected chi connectivity index (χ4v) is 3.75. The van der Waals surface area contributed by atoms with Crippen LogP contribution in [0.15, 0.2) is 33.1 Å². The molecule has 22 heavy (non-hydrogen) atoms. The predicted octanol–water partition coefficient (Wildman–Crippen LogP) is 2.12. The van der Waals surface area contributed by atoms with Gasteiger partial charge in [-0.2, -0.15) is 0 Å². The molecule has 0 aliphatic heterocycles. The highest BCUT2D eigenvalue weighted by molar-refractivity contribution is 9.11. The van der Waals surface area contributed by atoms with Crippen molar-refractivity contribution in [3.05, 3.63) is 38.6 Å². The van der Waals surface area contributed by atoms with Gasteiger partial charge in [-0.25, -0.2) is 22.9 Å². The number of anilines is 1. The second kappa shape index (κ2) is 6.73. The van der Waals surface area contributed by atoms with Gasteiger partial charge >= 0.3 is 5.97 Å². The van der Waals surface area contributed by atoms with E-state index in [4.69, 9.17) is 0 Å². The number of aromatic nitrogens is 1. The van der Waals surface area contributed by atoms with E-state index in [-0.39, 0.29) is 16.3 Å². The molecule has 0 bridgehead atoms. The van der Waals surface area contributed by atoms with Crippen LogP contribution in [0.1, 0.15) is 15.2 Å². The van der Waals surface area contributed by atoms with Crippen molar-refractivity contribution in [1.82, 2.24) is 9.71 Å². The first-order valence-corrected chi connectivity index (χ1v) is 9.07. The Hall–Kier alpha value is -1.49. The Morgan fingerprint density at radius 2 is 2.18 bits per heavy atom. The smallest absolute Gasteiger partial charge is 0.339 e. The van der Waals surface area contributed by atoms with Crippen LogP contribution in [0.5, 0.6) is 0 Å². The molecule has 2 heterocycles. The third kappa shape index (κ3) is 3.83. The summed E-state index contributed by atoms with van der Waals surface area (Å²) in [6.07, 6.45) is 1.12. The number of carboxylic acid groups (broad SMARTS) is 1. The van der Waals surface area contributed by atoms with E-state index < -0.39 is 16.0 Å². The van der Waals surface area contributed by atoms with E-state index in [1.807, 2.05) is 12.1 Å². The lowest BCUT2D eigenvalue weighted by molar-refractivity contribution is 0.0697. The van der Waals surface area contributed by atoms with Gasteiger partial charge in [0.05, 0.1) is 10.3 Å². The predicted molar refractivity (Wildman–Crippen MR) is 86.8 cm³/mol. The maximum absolute atomic E-state index is 11.7. The van der Waals surface area contributed by atoms with E-state index in [2.05, 4.69) is 31.0 Å². The van der Waals surface area contributed by atoms with Gasteiger partial charge < -0.3 is 10.4 Å². The van der Waals surface area contributed by atoms with Gasteiger partial charge in [0, 0.05) is 11.1 Å². The molecule has 7 nitrogen and oxygen atoms in total. The normalized spacial score (nSPS) is 11.4. The minimum atomic E-state index is -3.74. The van der Waals surface area contributed by atoms with Crippen LogP contribution >= 0.6 is 27.3 Å². The fraction of sp³-hybridized carbons (Fsp3) is 0.167. The molecule has 118 valence electrons. The van der Waals surface area contributed by atoms with Crippen molar-refractivity contribution < 1.29 is 18.3 Å². The zero-order valence-corrected chi connectivity index (χ0v) is 14.5. The van der Waals surface area contributed by atoms with Crippen molar-refractivity contribution in [2.45, 2.75) is 11.4 Å². The maximum atomic E-state index is 11.7. The number of carbonyl (C=O) groups is 1. The third-order valence-electron chi connectivity index (χ3n) is 2.73. The molecule has 2 aromatic rings. The summed E-state index contributed by atoms with van der Waals surface area (Å²) in [5.74, 6) is -1.14. The van der Waals surface area contributed by atoms with Crippen LogP contribution in [-0.4, -0.2) is 31.5 Å². The van der Waals surface area contributed by atoms with Crippen molar-refractivity contribution >= 4 is 49.1 Å². The van der Waals surface area contributed by atoms with Gasteiger partial charge in [0.1, 0.15) is 16.3 Å². The summed E-state index contributed by atoms with van der Waals surface area (Å²) in [6, 6.07) is 4.85. The molecule has 0 atom stereocenters. The average Bonchev–Trinajstić information content (AvgIpc) is 2.90. The average molecular weight is 406 g/mol. The third-order valence-corrected chi connectivity index (χ3v) is 5.74. The molecule has 0 spiro atoms. The molecule has 3 N–H and O–H groups in total. The summed E-state index contributed by atoms with van der Waals surface area (Å²) in [5, 5.41) is 12.1. The van der Waals surface area contributed by atoms with Gasteiger partial charge in [-0.15, -0.1) is 11.3 Å². The van der Waals surface area contributed by atoms with Crippen LogP contribution in [0.4, 0.5) is 5.82 Å². The zero-order valence-electron chi connectivity index (χ0n) is 11.3. The van der Waals surface area contributed by atoms with E-state index in [0.717, 1.165) is 20.9 Å². The summed E-state index contributed by atoms with van der Waals surface area (Å²) >= 11 is 4.85. The molecule has 0 fully saturated rings. The fourth-order valence-electron chi connectivity index (χ4n) is 1.63. The van der Waals surface area contributed by atoms with Gasteiger partial charge in [-0.3, -0.25) is 0 Å². The number of aromatic carboxylic acids is 1. The number of hydrogen-bond acceptors (Lipinski definition) is 6. The van der Waals surface area contributed by atoms with Crippen molar-refractivity contribution in [2.75, 3.05) is 12.4 Å². The number of pyridine rings is 1. The summed E-state index contributed by atoms with van der Waals surface area (Å²) in [4.78, 5) is 16.0. The summed E-state index contributed by atoms with van der Waals surface area (Å²) in [5.41, 5.74) is -0.202. The lowest BCUT2D eigenvalue weighted by Crippen LogP contribution is -2.20. The highest BCUT2D eigenvalue weighted by Crippen LogP contribution is 2.24. The topological polar surface area (TPSA) is 108 Å². The minimum absolute atomic E-state index is 0.118. The lowest BCUT2D eigenvalue weighted by Gasteiger charge is -2.09. The summed E-state index contributed by atoms with van der Waals surface area (Å²) < 4.78 is 26.5. The van der Waals surface area contributed by atoms with Crippen LogP contribution in [-0.2, 0) is 16.6 Å². The molecule has 0 aliphatic rings. The van der Waals surface area contributed by atoms with Crippen LogP contribution < -0.4 is 10.0 Å². The second-order valence-corrected chi connectivity index (χ2v) is 8.57. The molecule has 0 radical (unpaired) electrons. The Morgan fingerprint density at radius 1 is 1.45 bits per heavy atom. The molecule has 2 rings (SSSR count). The number of nitrogens with zero attached hydrogens (tertiary/aromatic N) is 1. The number of rotatable bonds is 6. The first-order chi connectivity index (χ1) is 10.3. The van der Waals surface area contributed by atoms with E-state index in [1.165, 1.54) is 18.4 Å². The van der Waals surface area contributed by atoms with Gasteiger partial charge in [-0.1, -0.05) is 0 Å². The largest absolute Gasteiger partial charge is 0.478 e. The van der Waals surface area contributed by atoms with Crippen molar-refractivity contribution in [3.63, 3.8) is 0 Å². The van der Waals surface area contributed by atoms with Gasteiger partial charge in [0.15, 0.2) is 0 Å². The highest BCUT2D eigenvalue weighted by Gasteiger charge is 2.18. The summed E-state index contributed by atoms with van der Waals surface area (Å²) in [6.45, 7) is 0.391. The quantitative estimate of drug-likeness (QED) is 0.678. The Kier molecular flexibility index (Phi) is 5.16. The first-order valence-electron chi connectivity index (χ1n) is 5.98. The van der Waals surface area contributed by atoms with E-state index in [0.29, 0.717) is 6.54 Å². The molecule has 0 saturated carbocycles. The van der Waals surface area contributed by atoms with Crippen LogP contribution in [0.25, 0.3) is 0 Å². The molecule has 0 unspecified atom stereocenters. The van der Waals surface area contributed by atoms with Crippen LogP contribution in [0.2, 0.25) is 0 Å². The van der Waals surface area contributed by atoms with E-state index in [9.17, 15) is 18.3 Å². The van der Waals surface area contributed by atoms with Crippen molar-refractivity contribution in [2.24, 2.45) is 0 Å². The summed E-state index contributed by atoms with van der Waals surface area (Å²) in [7, 11) is -2.50. The second-order valence-electron chi connectivity index (χ2n) is 4.14. The number of hydrogen-bond donors (Lipinski definition) is 3. The molecule has 0 saturated heterocycles. The van der Waals surface area contributed by atoms with Crippen molar-refractivity contribution in [1.29, 1.82) is 0 Å². The van der Waals surface area contributed by atoms with E-state index >= 15 is 0 Å². The molecule has 0 aromatic carbocycles. The highest BCUT2D eigenvalue weighted by atomic mass is 79.9. The van der Waals surface area contributed by atoms with Gasteiger partial charge in [-0.05, 0) is 41.2 Å². The first kappa shape index (κ1) is 16.9. The Bertz CT molecular complexity index is 804. The van der Waals surface area contributed by atoms with Crippen molar-refractivity contribution in [3.8, 4) is 0 Å². The molecule has 0 amide bonds. The van der Waals surface area contributed by atoms with E-state index in [1.54, 1.807) is 0 Å². The SMILES string of the molecule is CNS(=O)(=O)c1cnc(NCc2ccc(Br)s2)c(C(=O)O)c1. The number of nitrogens with one attached hydrogen (secondary N) is 2. The monoisotopic (exact) mass is 405 g/mol. The minimum Gasteiger partial charge on any atom is -0.478 e. The molecule has 0 aliphatic carbocycles. The Labute approximate surface area is 139 Å². The Balaban J connectivity index is 2.29. The molecular formula is C12H12BrN3O4S2. The number of carboxylic acids is 1. The number of sulfonamides is 1. The number of thiophene rings is 1. The zero-order chi connectivity index (χ0) is 16.3. The Morgan fingerprint density at radius 3 is 2.73 bits per heavy atom. The molecule has 2 aromatic heterocycles.